The van der Waals surface area contributed by atoms with Crippen LogP contribution in [-0.2, 0) is 0 Å². The highest BCUT2D eigenvalue weighted by Crippen LogP contribution is 2.49. The topological polar surface area (TPSA) is 0 Å². The highest BCUT2D eigenvalue weighted by Gasteiger charge is 2.22. The Morgan fingerprint density at radius 2 is 0.459 bits per heavy atom. The molecule has 15 aromatic rings. The van der Waals surface area contributed by atoms with Crippen LogP contribution in [0.25, 0.3) is 153 Å². The van der Waals surface area contributed by atoms with E-state index in [0.29, 0.717) is 0 Å². The molecule has 0 aromatic heterocycles. The Labute approximate surface area is 429 Å². The fourth-order valence-corrected chi connectivity index (χ4v) is 12.4. The van der Waals surface area contributed by atoms with Gasteiger partial charge in [0, 0.05) is 0 Å². The third-order valence-corrected chi connectivity index (χ3v) is 15.8. The summed E-state index contributed by atoms with van der Waals surface area (Å²) in [7, 11) is 0. The van der Waals surface area contributed by atoms with Crippen LogP contribution in [0.5, 0.6) is 0 Å². The third kappa shape index (κ3) is 6.77. The van der Waals surface area contributed by atoms with E-state index in [9.17, 15) is 0 Å². The van der Waals surface area contributed by atoms with Gasteiger partial charge in [-0.1, -0.05) is 255 Å². The Kier molecular flexibility index (Phi) is 9.68. The maximum absolute atomic E-state index is 2.48. The lowest BCUT2D eigenvalue weighted by molar-refractivity contribution is 1.63. The number of hydrogen-bond acceptors (Lipinski definition) is 0. The molecule has 15 aromatic carbocycles. The van der Waals surface area contributed by atoms with Crippen LogP contribution < -0.4 is 0 Å². The average molecular weight is 935 g/mol. The minimum Gasteiger partial charge on any atom is -0.0616 e. The molecule has 0 fully saturated rings. The van der Waals surface area contributed by atoms with Crippen molar-refractivity contribution in [3.05, 3.63) is 279 Å². The van der Waals surface area contributed by atoms with Gasteiger partial charge in [0.15, 0.2) is 0 Å². The lowest BCUT2D eigenvalue weighted by Gasteiger charge is -2.21. The first-order chi connectivity index (χ1) is 36.7. The van der Waals surface area contributed by atoms with Crippen LogP contribution >= 0.6 is 0 Å². The molecule has 0 saturated heterocycles. The molecule has 342 valence electrons. The van der Waals surface area contributed by atoms with Gasteiger partial charge in [0.25, 0.3) is 0 Å². The van der Waals surface area contributed by atoms with Gasteiger partial charge in [-0.15, -0.1) is 0 Å². The first-order valence-electron chi connectivity index (χ1n) is 25.7. The minimum absolute atomic E-state index is 1.18. The maximum atomic E-state index is 2.48. The predicted molar refractivity (Wildman–Crippen MR) is 319 cm³/mol. The van der Waals surface area contributed by atoms with Crippen molar-refractivity contribution in [1.29, 1.82) is 0 Å². The molecule has 0 saturated carbocycles. The molecular weight excluding hydrogens is 889 g/mol. The summed E-state index contributed by atoms with van der Waals surface area (Å²) in [6.45, 7) is 0. The normalized spacial score (nSPS) is 11.8. The Bertz CT molecular complexity index is 4750. The molecule has 0 aliphatic carbocycles. The van der Waals surface area contributed by atoms with Crippen LogP contribution in [0.1, 0.15) is 0 Å². The molecule has 0 bridgehead atoms. The van der Waals surface area contributed by atoms with Gasteiger partial charge in [0.1, 0.15) is 0 Å². The quantitative estimate of drug-likeness (QED) is 0.146. The van der Waals surface area contributed by atoms with Crippen molar-refractivity contribution in [3.63, 3.8) is 0 Å². The molecule has 0 nitrogen and oxygen atoms in total. The summed E-state index contributed by atoms with van der Waals surface area (Å²) in [5.74, 6) is 0. The van der Waals surface area contributed by atoms with Crippen LogP contribution in [0.2, 0.25) is 0 Å². The van der Waals surface area contributed by atoms with E-state index in [4.69, 9.17) is 0 Å². The van der Waals surface area contributed by atoms with Gasteiger partial charge < -0.3 is 0 Å². The van der Waals surface area contributed by atoms with Gasteiger partial charge in [-0.25, -0.2) is 0 Å². The molecule has 0 amide bonds. The summed E-state index contributed by atoms with van der Waals surface area (Å²) in [4.78, 5) is 0. The van der Waals surface area contributed by atoms with E-state index < -0.39 is 0 Å². The van der Waals surface area contributed by atoms with Crippen molar-refractivity contribution < 1.29 is 0 Å². The number of rotatable bonds is 6. The second-order valence-electron chi connectivity index (χ2n) is 19.9. The van der Waals surface area contributed by atoms with Crippen LogP contribution in [0, 0.1) is 0 Å². The van der Waals surface area contributed by atoms with E-state index in [0.717, 1.165) is 0 Å². The summed E-state index contributed by atoms with van der Waals surface area (Å²) >= 11 is 0. The summed E-state index contributed by atoms with van der Waals surface area (Å²) in [6, 6.07) is 104. The van der Waals surface area contributed by atoms with Crippen molar-refractivity contribution in [2.75, 3.05) is 0 Å². The molecule has 0 heteroatoms. The summed E-state index contributed by atoms with van der Waals surface area (Å²) in [6.07, 6.45) is 0. The van der Waals surface area contributed by atoms with Crippen molar-refractivity contribution >= 4 is 86.2 Å². The van der Waals surface area contributed by atoms with Crippen molar-refractivity contribution in [2.24, 2.45) is 0 Å². The monoisotopic (exact) mass is 934 g/mol. The lowest BCUT2D eigenvalue weighted by Crippen LogP contribution is -1.93. The van der Waals surface area contributed by atoms with E-state index in [-0.39, 0.29) is 0 Å². The second kappa shape index (κ2) is 17.0. The predicted octanol–water partition coefficient (Wildman–Crippen LogP) is 20.9. The van der Waals surface area contributed by atoms with E-state index in [1.165, 1.54) is 153 Å². The van der Waals surface area contributed by atoms with Gasteiger partial charge in [0.2, 0.25) is 0 Å². The van der Waals surface area contributed by atoms with Gasteiger partial charge in [-0.05, 0) is 177 Å². The number of fused-ring (bicyclic) bond motifs is 8. The minimum atomic E-state index is 1.18. The second-order valence-corrected chi connectivity index (χ2v) is 19.9. The van der Waals surface area contributed by atoms with Gasteiger partial charge in [0.05, 0.1) is 0 Å². The lowest BCUT2D eigenvalue weighted by atomic mass is 9.82. The Morgan fingerprint density at radius 3 is 0.986 bits per heavy atom. The fourth-order valence-electron chi connectivity index (χ4n) is 12.4. The molecule has 0 aliphatic rings. The molecule has 0 aliphatic heterocycles. The molecule has 0 spiro atoms. The average Bonchev–Trinajstić information content (AvgIpc) is 3.52. The molecule has 0 radical (unpaired) electrons. The highest BCUT2D eigenvalue weighted by atomic mass is 14.2. The van der Waals surface area contributed by atoms with Gasteiger partial charge in [-0.3, -0.25) is 0 Å². The zero-order valence-electron chi connectivity index (χ0n) is 40.6. The SMILES string of the molecule is c1ccc2cc(-c3c4ccccc4c(-c4ccc(-c5cccc6ccccc56)cc4)c4ccc(-c5ccc6c(-c7ccc8ccccc8c7)c7ccccc7c(-c7cccc8ccccc78)c6c5)cc34)ccc2c1. The zero-order chi connectivity index (χ0) is 48.7. The Hall–Kier alpha value is -9.62. The van der Waals surface area contributed by atoms with Crippen molar-refractivity contribution in [1.82, 2.24) is 0 Å². The molecular formula is C74H46. The van der Waals surface area contributed by atoms with Crippen LogP contribution in [0.4, 0.5) is 0 Å². The third-order valence-electron chi connectivity index (χ3n) is 15.8. The first kappa shape index (κ1) is 42.1. The number of benzene rings is 15. The molecule has 0 unspecified atom stereocenters. The van der Waals surface area contributed by atoms with E-state index >= 15 is 0 Å². The highest BCUT2D eigenvalue weighted by molar-refractivity contribution is 6.25. The van der Waals surface area contributed by atoms with E-state index in [1.807, 2.05) is 0 Å². The summed E-state index contributed by atoms with van der Waals surface area (Å²) < 4.78 is 0. The molecule has 0 heterocycles. The molecule has 0 N–H and O–H groups in total. The standard InChI is InChI=1S/C74H46/c1-3-19-53-43-57(37-31-47(53)15-1)72-65-27-11-12-28-66(65)74(62-30-14-22-50-18-6-8-24-61(50)62)70-46-56(40-42-68(70)72)55-39-41-67-69(45-55)73(58-38-32-48-16-2-4-20-54(48)44-58)64-26-10-9-25-63(64)71(67)52-35-33-51(34-36-52)60-29-13-21-49-17-5-7-23-59(49)60/h1-46H. The molecule has 0 atom stereocenters. The van der Waals surface area contributed by atoms with Crippen LogP contribution in [0.15, 0.2) is 279 Å². The maximum Gasteiger partial charge on any atom is -0.00199 e. The van der Waals surface area contributed by atoms with Crippen molar-refractivity contribution in [3.8, 4) is 66.8 Å². The van der Waals surface area contributed by atoms with E-state index in [1.54, 1.807) is 0 Å². The molecule has 74 heavy (non-hydrogen) atoms. The molecule has 15 rings (SSSR count). The van der Waals surface area contributed by atoms with Gasteiger partial charge >= 0.3 is 0 Å². The summed E-state index contributed by atoms with van der Waals surface area (Å²) in [5.41, 5.74) is 14.7. The van der Waals surface area contributed by atoms with Crippen LogP contribution in [-0.4, -0.2) is 0 Å². The smallest absolute Gasteiger partial charge is 0.00199 e. The summed E-state index contributed by atoms with van der Waals surface area (Å²) in [5, 5.41) is 19.9. The van der Waals surface area contributed by atoms with Gasteiger partial charge in [-0.2, -0.15) is 0 Å². The largest absolute Gasteiger partial charge is 0.0616 e. The van der Waals surface area contributed by atoms with Crippen molar-refractivity contribution in [2.45, 2.75) is 0 Å². The zero-order valence-corrected chi connectivity index (χ0v) is 40.6. The number of hydrogen-bond donors (Lipinski definition) is 0. The fraction of sp³-hybridized carbons (Fsp3) is 0. The van der Waals surface area contributed by atoms with Crippen LogP contribution in [0.3, 0.4) is 0 Å². The Balaban J connectivity index is 0.999. The van der Waals surface area contributed by atoms with E-state index in [2.05, 4.69) is 279 Å². The Morgan fingerprint density at radius 1 is 0.135 bits per heavy atom. The first-order valence-corrected chi connectivity index (χ1v) is 25.7.